The summed E-state index contributed by atoms with van der Waals surface area (Å²) >= 11 is 1.38. The van der Waals surface area contributed by atoms with Crippen molar-refractivity contribution in [1.29, 1.82) is 0 Å². The molecule has 0 saturated heterocycles. The van der Waals surface area contributed by atoms with Crippen molar-refractivity contribution in [3.05, 3.63) is 89.0 Å². The first-order valence-electron chi connectivity index (χ1n) is 14.5. The monoisotopic (exact) mass is 629 g/mol. The van der Waals surface area contributed by atoms with Gasteiger partial charge in [-0.25, -0.2) is 13.8 Å². The van der Waals surface area contributed by atoms with Gasteiger partial charge in [-0.3, -0.25) is 14.8 Å². The molecule has 9 nitrogen and oxygen atoms in total. The van der Waals surface area contributed by atoms with E-state index in [2.05, 4.69) is 11.9 Å². The van der Waals surface area contributed by atoms with Crippen molar-refractivity contribution in [2.45, 2.75) is 38.8 Å². The molecule has 2 atom stereocenters. The number of hydrogen-bond donors (Lipinski definition) is 3. The fourth-order valence-electron chi connectivity index (χ4n) is 6.16. The number of benzene rings is 2. The maximum atomic E-state index is 15.9. The van der Waals surface area contributed by atoms with Gasteiger partial charge in [-0.05, 0) is 47.7 Å². The number of rotatable bonds is 7. The number of aromatic nitrogens is 3. The highest BCUT2D eigenvalue weighted by Crippen LogP contribution is 2.47. The number of aliphatic hydroxyl groups excluding tert-OH is 2. The summed E-state index contributed by atoms with van der Waals surface area (Å²) in [5.74, 6) is -1.91. The van der Waals surface area contributed by atoms with Gasteiger partial charge in [-0.15, -0.1) is 11.3 Å². The average molecular weight is 630 g/mol. The number of ether oxygens (including phenoxy) is 1. The molecule has 3 N–H and O–H groups in total. The molecule has 230 valence electrons. The number of thiophene rings is 1. The molecule has 0 saturated carbocycles. The van der Waals surface area contributed by atoms with Crippen LogP contribution in [0.25, 0.3) is 43.9 Å². The van der Waals surface area contributed by atoms with E-state index >= 15 is 4.39 Å². The Kier molecular flexibility index (Phi) is 7.44. The smallest absolute Gasteiger partial charge is 0.246 e. The van der Waals surface area contributed by atoms with Gasteiger partial charge in [-0.2, -0.15) is 5.10 Å². The summed E-state index contributed by atoms with van der Waals surface area (Å²) in [6.07, 6.45) is 0.544. The number of aliphatic hydroxyl groups is 2. The van der Waals surface area contributed by atoms with Gasteiger partial charge in [0.1, 0.15) is 41.6 Å². The van der Waals surface area contributed by atoms with E-state index in [1.807, 2.05) is 47.3 Å². The number of amides is 1. The lowest BCUT2D eigenvalue weighted by Crippen LogP contribution is -2.44. The van der Waals surface area contributed by atoms with Crippen molar-refractivity contribution >= 4 is 27.3 Å². The van der Waals surface area contributed by atoms with Crippen LogP contribution in [0.1, 0.15) is 30.0 Å². The Labute approximate surface area is 261 Å². The zero-order valence-electron chi connectivity index (χ0n) is 24.3. The Morgan fingerprint density at radius 3 is 2.84 bits per heavy atom. The van der Waals surface area contributed by atoms with E-state index in [0.29, 0.717) is 47.0 Å². The van der Waals surface area contributed by atoms with E-state index < -0.39 is 17.9 Å². The van der Waals surface area contributed by atoms with E-state index in [1.165, 1.54) is 17.4 Å². The number of nitrogens with zero attached hydrogens (tertiary/aromatic N) is 4. The Morgan fingerprint density at radius 1 is 1.20 bits per heavy atom. The van der Waals surface area contributed by atoms with Crippen molar-refractivity contribution in [3.63, 3.8) is 0 Å². The molecule has 0 bridgehead atoms. The van der Waals surface area contributed by atoms with Crippen molar-refractivity contribution in [3.8, 4) is 39.5 Å². The summed E-state index contributed by atoms with van der Waals surface area (Å²) in [5.41, 5.74) is 5.15. The minimum absolute atomic E-state index is 0.00965. The van der Waals surface area contributed by atoms with E-state index in [1.54, 1.807) is 4.90 Å². The SMILES string of the molecule is C=CC(=O)N1Cc2cc(-c3nc(-c4ccc5c(c4)CNC5O)c4ccsc4c3-c3c(F)cc(F)cc3OCCO)nn2C[C@H]1C. The molecule has 1 unspecified atom stereocenters. The molecule has 1 amide bonds. The molecule has 12 heteroatoms. The molecule has 5 heterocycles. The molecule has 5 aromatic rings. The minimum atomic E-state index is -0.841. The Morgan fingerprint density at radius 2 is 2.04 bits per heavy atom. The fourth-order valence-corrected chi connectivity index (χ4v) is 7.11. The van der Waals surface area contributed by atoms with Gasteiger partial charge in [0, 0.05) is 45.9 Å². The third-order valence-corrected chi connectivity index (χ3v) is 9.22. The first kappa shape index (κ1) is 29.2. The minimum Gasteiger partial charge on any atom is -0.490 e. The second-order valence-electron chi connectivity index (χ2n) is 11.1. The second-order valence-corrected chi connectivity index (χ2v) is 12.0. The van der Waals surface area contributed by atoms with Gasteiger partial charge >= 0.3 is 0 Å². The molecule has 2 aromatic carbocycles. The van der Waals surface area contributed by atoms with Crippen LogP contribution in [0.5, 0.6) is 5.75 Å². The van der Waals surface area contributed by atoms with Crippen molar-refractivity contribution in [2.24, 2.45) is 0 Å². The molecule has 7 rings (SSSR count). The highest BCUT2D eigenvalue weighted by Gasteiger charge is 2.31. The predicted octanol–water partition coefficient (Wildman–Crippen LogP) is 5.15. The fraction of sp³-hybridized carbons (Fsp3) is 0.242. The van der Waals surface area contributed by atoms with Crippen LogP contribution >= 0.6 is 11.3 Å². The van der Waals surface area contributed by atoms with Gasteiger partial charge in [0.2, 0.25) is 5.91 Å². The lowest BCUT2D eigenvalue weighted by Gasteiger charge is -2.33. The van der Waals surface area contributed by atoms with Crippen molar-refractivity contribution in [2.75, 3.05) is 13.2 Å². The quantitative estimate of drug-likeness (QED) is 0.214. The molecule has 0 radical (unpaired) electrons. The van der Waals surface area contributed by atoms with Gasteiger partial charge in [0.15, 0.2) is 0 Å². The van der Waals surface area contributed by atoms with Crippen molar-refractivity contribution in [1.82, 2.24) is 25.0 Å². The van der Waals surface area contributed by atoms with E-state index in [9.17, 15) is 19.4 Å². The van der Waals surface area contributed by atoms with Crippen LogP contribution in [0.15, 0.2) is 60.5 Å². The Balaban J connectivity index is 1.49. The number of fused-ring (bicyclic) bond motifs is 3. The number of nitrogens with one attached hydrogen (secondary N) is 1. The zero-order valence-corrected chi connectivity index (χ0v) is 25.1. The van der Waals surface area contributed by atoms with Gasteiger partial charge < -0.3 is 19.8 Å². The summed E-state index contributed by atoms with van der Waals surface area (Å²) in [6, 6.07) is 11.2. The maximum absolute atomic E-state index is 15.9. The van der Waals surface area contributed by atoms with Crippen LogP contribution in [0.3, 0.4) is 0 Å². The first-order chi connectivity index (χ1) is 21.8. The van der Waals surface area contributed by atoms with Crippen molar-refractivity contribution < 1.29 is 28.5 Å². The van der Waals surface area contributed by atoms with Gasteiger partial charge in [0.05, 0.1) is 36.6 Å². The third-order valence-electron chi connectivity index (χ3n) is 8.29. The second kappa shape index (κ2) is 11.5. The van der Waals surface area contributed by atoms with Crippen LogP contribution < -0.4 is 10.1 Å². The van der Waals surface area contributed by atoms with Crippen LogP contribution in [0.2, 0.25) is 0 Å². The van der Waals surface area contributed by atoms with Crippen LogP contribution in [0.4, 0.5) is 8.78 Å². The average Bonchev–Trinajstić information content (AvgIpc) is 3.77. The summed E-state index contributed by atoms with van der Waals surface area (Å²) in [4.78, 5) is 19.4. The lowest BCUT2D eigenvalue weighted by molar-refractivity contribution is -0.129. The maximum Gasteiger partial charge on any atom is 0.246 e. The first-order valence-corrected chi connectivity index (χ1v) is 15.3. The largest absolute Gasteiger partial charge is 0.490 e. The molecule has 3 aromatic heterocycles. The van der Waals surface area contributed by atoms with Crippen LogP contribution in [0, 0.1) is 11.6 Å². The van der Waals surface area contributed by atoms with E-state index in [0.717, 1.165) is 39.9 Å². The molecular formula is C33H29F2N5O4S. The number of carbonyl (C=O) groups is 1. The van der Waals surface area contributed by atoms with Crippen LogP contribution in [-0.2, 0) is 24.4 Å². The van der Waals surface area contributed by atoms with E-state index in [-0.39, 0.29) is 36.5 Å². The highest BCUT2D eigenvalue weighted by atomic mass is 32.1. The normalized spacial score (nSPS) is 17.4. The highest BCUT2D eigenvalue weighted by molar-refractivity contribution is 7.18. The summed E-state index contributed by atoms with van der Waals surface area (Å²) in [5, 5.41) is 30.3. The lowest BCUT2D eigenvalue weighted by atomic mass is 9.95. The summed E-state index contributed by atoms with van der Waals surface area (Å²) < 4.78 is 38.6. The number of pyridine rings is 1. The molecule has 0 fully saturated rings. The molecule has 2 aliphatic rings. The molecule has 45 heavy (non-hydrogen) atoms. The zero-order chi connectivity index (χ0) is 31.4. The Bertz CT molecular complexity index is 1990. The van der Waals surface area contributed by atoms with Gasteiger partial charge in [0.25, 0.3) is 0 Å². The van der Waals surface area contributed by atoms with E-state index in [4.69, 9.17) is 14.8 Å². The number of hydrogen-bond acceptors (Lipinski definition) is 8. The van der Waals surface area contributed by atoms with Gasteiger partial charge in [-0.1, -0.05) is 18.7 Å². The van der Waals surface area contributed by atoms with Crippen LogP contribution in [-0.4, -0.2) is 55.0 Å². The summed E-state index contributed by atoms with van der Waals surface area (Å²) in [7, 11) is 0. The standard InChI is InChI=1S/C33H29F2N5O4S/c1-3-27(42)39-16-21-13-25(38-40(21)15-17(39)2)31-29(28-24(35)11-20(34)12-26(28)44-8-7-41)32-23(6-9-45-32)30(37-31)18-4-5-22-19(10-18)14-36-33(22)43/h3-6,9-13,17,33,36,41,43H,1,7-8,14-16H2,2H3/t17-,33?/m1/s1. The molecule has 2 aliphatic heterocycles. The molecular weight excluding hydrogens is 600 g/mol. The third kappa shape index (κ3) is 4.99. The topological polar surface area (TPSA) is 113 Å². The molecule has 0 spiro atoms. The number of halogens is 2. The summed E-state index contributed by atoms with van der Waals surface area (Å²) in [6.45, 7) is 6.30. The Hall–Kier alpha value is -4.49. The molecule has 0 aliphatic carbocycles. The number of carbonyl (C=O) groups excluding carboxylic acids is 1. The predicted molar refractivity (Wildman–Crippen MR) is 166 cm³/mol.